The zero-order valence-electron chi connectivity index (χ0n) is 18.8. The van der Waals surface area contributed by atoms with Crippen molar-refractivity contribution >= 4 is 35.0 Å². The smallest absolute Gasteiger partial charge is 0.247 e. The summed E-state index contributed by atoms with van der Waals surface area (Å²) < 4.78 is 0. The minimum absolute atomic E-state index is 0.103. The Balaban J connectivity index is 1.90. The standard InChI is InChI=1S/C26H32Cl2N2O2/c1-18-11-13-20(14-12-18)15-16-30(24(31)17-27)25(21-8-4-5-9-22(21)28)26(32)29-23-10-6-3-7-19(23)2/h4-5,8-9,11-14,19,23,25H,3,6-7,10,15-17H2,1-2H3,(H,29,32). The Labute approximate surface area is 201 Å². The van der Waals surface area contributed by atoms with Gasteiger partial charge in [-0.25, -0.2) is 0 Å². The van der Waals surface area contributed by atoms with Crippen LogP contribution in [-0.4, -0.2) is 35.2 Å². The third-order valence-corrected chi connectivity index (χ3v) is 6.97. The summed E-state index contributed by atoms with van der Waals surface area (Å²) in [7, 11) is 0. The molecule has 6 heteroatoms. The predicted octanol–water partition coefficient (Wildman–Crippen LogP) is 5.69. The van der Waals surface area contributed by atoms with Gasteiger partial charge in [-0.15, -0.1) is 11.6 Å². The van der Waals surface area contributed by atoms with E-state index >= 15 is 0 Å². The first-order chi connectivity index (χ1) is 15.4. The van der Waals surface area contributed by atoms with Crippen LogP contribution in [0.3, 0.4) is 0 Å². The predicted molar refractivity (Wildman–Crippen MR) is 131 cm³/mol. The van der Waals surface area contributed by atoms with Crippen LogP contribution in [0.5, 0.6) is 0 Å². The fourth-order valence-corrected chi connectivity index (χ4v) is 4.81. The van der Waals surface area contributed by atoms with Gasteiger partial charge in [0.05, 0.1) is 0 Å². The van der Waals surface area contributed by atoms with Crippen LogP contribution in [0.1, 0.15) is 55.3 Å². The maximum atomic E-state index is 13.6. The molecular formula is C26H32Cl2N2O2. The van der Waals surface area contributed by atoms with Crippen molar-refractivity contribution in [2.24, 2.45) is 5.92 Å². The number of nitrogens with zero attached hydrogens (tertiary/aromatic N) is 1. The van der Waals surface area contributed by atoms with Gasteiger partial charge in [-0.2, -0.15) is 0 Å². The number of amides is 2. The van der Waals surface area contributed by atoms with E-state index in [1.807, 2.05) is 49.4 Å². The highest BCUT2D eigenvalue weighted by atomic mass is 35.5. The molecule has 1 fully saturated rings. The number of rotatable bonds is 8. The quantitative estimate of drug-likeness (QED) is 0.499. The summed E-state index contributed by atoms with van der Waals surface area (Å²) in [5, 5.41) is 3.69. The Bertz CT molecular complexity index is 916. The second-order valence-electron chi connectivity index (χ2n) is 8.76. The number of carbonyl (C=O) groups excluding carboxylic acids is 2. The second kappa shape index (κ2) is 11.7. The SMILES string of the molecule is Cc1ccc(CCN(C(=O)CCl)C(C(=O)NC2CCCCC2C)c2ccccc2Cl)cc1. The summed E-state index contributed by atoms with van der Waals surface area (Å²) in [5.41, 5.74) is 2.90. The van der Waals surface area contributed by atoms with Crippen molar-refractivity contribution in [3.63, 3.8) is 0 Å². The normalized spacial score (nSPS) is 19.2. The van der Waals surface area contributed by atoms with Gasteiger partial charge in [-0.3, -0.25) is 9.59 Å². The lowest BCUT2D eigenvalue weighted by molar-refractivity contribution is -0.139. The van der Waals surface area contributed by atoms with Crippen LogP contribution in [0.4, 0.5) is 0 Å². The maximum Gasteiger partial charge on any atom is 0.247 e. The maximum absolute atomic E-state index is 13.6. The van der Waals surface area contributed by atoms with Crippen LogP contribution in [-0.2, 0) is 16.0 Å². The minimum Gasteiger partial charge on any atom is -0.351 e. The zero-order valence-corrected chi connectivity index (χ0v) is 20.3. The number of nitrogens with one attached hydrogen (secondary N) is 1. The van der Waals surface area contributed by atoms with Gasteiger partial charge in [0.1, 0.15) is 11.9 Å². The summed E-state index contributed by atoms with van der Waals surface area (Å²) in [6, 6.07) is 14.7. The molecule has 1 aliphatic rings. The summed E-state index contributed by atoms with van der Waals surface area (Å²) >= 11 is 12.5. The first-order valence-corrected chi connectivity index (χ1v) is 12.3. The fraction of sp³-hybridized carbons (Fsp3) is 0.462. The molecule has 3 rings (SSSR count). The van der Waals surface area contributed by atoms with Crippen molar-refractivity contribution in [1.29, 1.82) is 0 Å². The first-order valence-electron chi connectivity index (χ1n) is 11.4. The first kappa shape index (κ1) is 24.6. The molecule has 0 spiro atoms. The van der Waals surface area contributed by atoms with Crippen molar-refractivity contribution < 1.29 is 9.59 Å². The molecule has 0 bridgehead atoms. The minimum atomic E-state index is -0.825. The molecule has 0 aromatic heterocycles. The third-order valence-electron chi connectivity index (χ3n) is 6.40. The van der Waals surface area contributed by atoms with Gasteiger partial charge in [0.25, 0.3) is 0 Å². The van der Waals surface area contributed by atoms with E-state index in [4.69, 9.17) is 23.2 Å². The zero-order chi connectivity index (χ0) is 23.1. The molecule has 1 aliphatic carbocycles. The van der Waals surface area contributed by atoms with Crippen molar-refractivity contribution in [1.82, 2.24) is 10.2 Å². The van der Waals surface area contributed by atoms with Gasteiger partial charge in [0.2, 0.25) is 11.8 Å². The molecular weight excluding hydrogens is 443 g/mol. The molecule has 3 atom stereocenters. The average molecular weight is 475 g/mol. The molecule has 0 heterocycles. The number of alkyl halides is 1. The molecule has 3 unspecified atom stereocenters. The molecule has 0 radical (unpaired) electrons. The number of halogens is 2. The van der Waals surface area contributed by atoms with E-state index in [1.165, 1.54) is 12.0 Å². The molecule has 2 aromatic carbocycles. The number of benzene rings is 2. The van der Waals surface area contributed by atoms with Gasteiger partial charge >= 0.3 is 0 Å². The van der Waals surface area contributed by atoms with E-state index in [0.717, 1.165) is 24.8 Å². The van der Waals surface area contributed by atoms with E-state index in [2.05, 4.69) is 12.2 Å². The molecule has 0 aliphatic heterocycles. The molecule has 0 saturated heterocycles. The van der Waals surface area contributed by atoms with Gasteiger partial charge in [-0.05, 0) is 43.7 Å². The molecule has 1 N–H and O–H groups in total. The van der Waals surface area contributed by atoms with Crippen LogP contribution in [0.15, 0.2) is 48.5 Å². The van der Waals surface area contributed by atoms with E-state index < -0.39 is 6.04 Å². The van der Waals surface area contributed by atoms with Crippen LogP contribution in [0, 0.1) is 12.8 Å². The highest BCUT2D eigenvalue weighted by Gasteiger charge is 2.34. The molecule has 4 nitrogen and oxygen atoms in total. The molecule has 1 saturated carbocycles. The Hall–Kier alpha value is -2.04. The summed E-state index contributed by atoms with van der Waals surface area (Å²) in [4.78, 5) is 28.1. The van der Waals surface area contributed by atoms with E-state index in [-0.39, 0.29) is 23.7 Å². The summed E-state index contributed by atoms with van der Waals surface area (Å²) in [6.45, 7) is 4.59. The molecule has 172 valence electrons. The van der Waals surface area contributed by atoms with E-state index in [1.54, 1.807) is 11.0 Å². The number of carbonyl (C=O) groups is 2. The van der Waals surface area contributed by atoms with Crippen LogP contribution >= 0.6 is 23.2 Å². The van der Waals surface area contributed by atoms with Crippen molar-refractivity contribution in [2.45, 2.75) is 58.0 Å². The Morgan fingerprint density at radius 3 is 2.44 bits per heavy atom. The summed E-state index contributed by atoms with van der Waals surface area (Å²) in [6.07, 6.45) is 4.96. The molecule has 2 amide bonds. The van der Waals surface area contributed by atoms with Crippen LogP contribution in [0.2, 0.25) is 5.02 Å². The van der Waals surface area contributed by atoms with Gasteiger partial charge in [0.15, 0.2) is 0 Å². The van der Waals surface area contributed by atoms with Crippen molar-refractivity contribution in [2.75, 3.05) is 12.4 Å². The second-order valence-corrected chi connectivity index (χ2v) is 9.43. The lowest BCUT2D eigenvalue weighted by Crippen LogP contribution is -2.49. The summed E-state index contributed by atoms with van der Waals surface area (Å²) in [5.74, 6) is -0.263. The van der Waals surface area contributed by atoms with Gasteiger partial charge < -0.3 is 10.2 Å². The average Bonchev–Trinajstić information content (AvgIpc) is 2.79. The fourth-order valence-electron chi connectivity index (χ4n) is 4.42. The van der Waals surface area contributed by atoms with Crippen molar-refractivity contribution in [3.8, 4) is 0 Å². The highest BCUT2D eigenvalue weighted by molar-refractivity contribution is 6.31. The lowest BCUT2D eigenvalue weighted by Gasteiger charge is -2.35. The molecule has 2 aromatic rings. The van der Waals surface area contributed by atoms with Crippen LogP contribution < -0.4 is 5.32 Å². The van der Waals surface area contributed by atoms with E-state index in [9.17, 15) is 9.59 Å². The van der Waals surface area contributed by atoms with Crippen molar-refractivity contribution in [3.05, 3.63) is 70.2 Å². The number of hydrogen-bond acceptors (Lipinski definition) is 2. The van der Waals surface area contributed by atoms with Crippen LogP contribution in [0.25, 0.3) is 0 Å². The lowest BCUT2D eigenvalue weighted by atomic mass is 9.85. The number of aryl methyl sites for hydroxylation is 1. The van der Waals surface area contributed by atoms with Gasteiger partial charge in [0, 0.05) is 23.2 Å². The number of hydrogen-bond donors (Lipinski definition) is 1. The topological polar surface area (TPSA) is 49.4 Å². The Kier molecular flexibility index (Phi) is 9.01. The third kappa shape index (κ3) is 6.26. The highest BCUT2D eigenvalue weighted by Crippen LogP contribution is 2.30. The van der Waals surface area contributed by atoms with E-state index in [0.29, 0.717) is 29.5 Å². The Morgan fingerprint density at radius 1 is 1.09 bits per heavy atom. The molecule has 32 heavy (non-hydrogen) atoms. The largest absolute Gasteiger partial charge is 0.351 e. The monoisotopic (exact) mass is 474 g/mol. The van der Waals surface area contributed by atoms with Gasteiger partial charge in [-0.1, -0.05) is 79.4 Å². The Morgan fingerprint density at radius 2 is 1.78 bits per heavy atom.